The van der Waals surface area contributed by atoms with E-state index in [1.54, 1.807) is 66.3 Å². The first-order chi connectivity index (χ1) is 20.9. The number of hydrogen-bond acceptors (Lipinski definition) is 7. The Morgan fingerprint density at radius 3 is 2.37 bits per heavy atom. The summed E-state index contributed by atoms with van der Waals surface area (Å²) in [6.45, 7) is 2.03. The van der Waals surface area contributed by atoms with Gasteiger partial charge in [-0.2, -0.15) is 0 Å². The van der Waals surface area contributed by atoms with E-state index in [1.165, 1.54) is 7.11 Å². The van der Waals surface area contributed by atoms with Crippen LogP contribution in [-0.2, 0) is 22.7 Å². The van der Waals surface area contributed by atoms with E-state index < -0.39 is 11.9 Å². The summed E-state index contributed by atoms with van der Waals surface area (Å²) >= 11 is 0. The highest BCUT2D eigenvalue weighted by Crippen LogP contribution is 2.33. The second-order valence-electron chi connectivity index (χ2n) is 9.92. The molecule has 1 N–H and O–H groups in total. The number of aromatic nitrogens is 3. The van der Waals surface area contributed by atoms with E-state index in [9.17, 15) is 9.59 Å². The standard InChI is InChI=1S/C33H33N5O5/c1-22-10-5-6-11-24(22)20-37(31(39)21-38-29-15-8-7-14-27(29)35-36-38)32(23-12-9-13-25(18-23)41-2)33(40)34-28-17-16-26(42-3)19-30(28)43-4/h5-19,32H,20-21H2,1-4H3,(H,34,40). The number of hydrogen-bond donors (Lipinski definition) is 1. The molecule has 43 heavy (non-hydrogen) atoms. The number of nitrogens with one attached hydrogen (secondary N) is 1. The van der Waals surface area contributed by atoms with Gasteiger partial charge in [0.2, 0.25) is 5.91 Å². The third-order valence-corrected chi connectivity index (χ3v) is 7.26. The number of carbonyl (C=O) groups is 2. The number of para-hydroxylation sites is 1. The molecule has 0 radical (unpaired) electrons. The van der Waals surface area contributed by atoms with Crippen LogP contribution in [0.2, 0.25) is 0 Å². The number of nitrogens with zero attached hydrogens (tertiary/aromatic N) is 4. The highest BCUT2D eigenvalue weighted by atomic mass is 16.5. The summed E-state index contributed by atoms with van der Waals surface area (Å²) in [7, 11) is 4.63. The maximum atomic E-state index is 14.3. The lowest BCUT2D eigenvalue weighted by molar-refractivity contribution is -0.140. The minimum absolute atomic E-state index is 0.119. The van der Waals surface area contributed by atoms with E-state index in [2.05, 4.69) is 15.6 Å². The Labute approximate surface area is 249 Å². The number of rotatable bonds is 11. The minimum atomic E-state index is -1.04. The summed E-state index contributed by atoms with van der Waals surface area (Å²) in [5, 5.41) is 11.4. The van der Waals surface area contributed by atoms with E-state index >= 15 is 0 Å². The van der Waals surface area contributed by atoms with Crippen molar-refractivity contribution in [3.05, 3.63) is 108 Å². The molecule has 1 unspecified atom stereocenters. The Morgan fingerprint density at radius 1 is 0.860 bits per heavy atom. The van der Waals surface area contributed by atoms with Crippen LogP contribution in [0.3, 0.4) is 0 Å². The van der Waals surface area contributed by atoms with Gasteiger partial charge >= 0.3 is 0 Å². The molecule has 4 aromatic carbocycles. The lowest BCUT2D eigenvalue weighted by Crippen LogP contribution is -2.42. The van der Waals surface area contributed by atoms with Gasteiger partial charge in [0.1, 0.15) is 35.4 Å². The predicted molar refractivity (Wildman–Crippen MR) is 163 cm³/mol. The topological polar surface area (TPSA) is 108 Å². The molecule has 1 atom stereocenters. The van der Waals surface area contributed by atoms with Crippen LogP contribution >= 0.6 is 0 Å². The molecule has 0 saturated carbocycles. The Morgan fingerprint density at radius 2 is 1.60 bits per heavy atom. The third-order valence-electron chi connectivity index (χ3n) is 7.26. The van der Waals surface area contributed by atoms with Gasteiger partial charge in [-0.1, -0.05) is 53.7 Å². The second kappa shape index (κ2) is 13.1. The molecule has 220 valence electrons. The maximum absolute atomic E-state index is 14.3. The van der Waals surface area contributed by atoms with E-state index in [0.717, 1.165) is 16.6 Å². The molecule has 5 rings (SSSR count). The lowest BCUT2D eigenvalue weighted by atomic mass is 10.0. The number of amides is 2. The highest BCUT2D eigenvalue weighted by molar-refractivity contribution is 5.99. The first-order valence-corrected chi connectivity index (χ1v) is 13.7. The van der Waals surface area contributed by atoms with E-state index in [0.29, 0.717) is 34.0 Å². The monoisotopic (exact) mass is 579 g/mol. The Kier molecular flexibility index (Phi) is 8.85. The third kappa shape index (κ3) is 6.43. The molecule has 2 amide bonds. The van der Waals surface area contributed by atoms with Gasteiger partial charge < -0.3 is 24.4 Å². The molecule has 10 nitrogen and oxygen atoms in total. The van der Waals surface area contributed by atoms with Crippen LogP contribution in [0.15, 0.2) is 91.0 Å². The Hall–Kier alpha value is -5.38. The predicted octanol–water partition coefficient (Wildman–Crippen LogP) is 5.17. The van der Waals surface area contributed by atoms with E-state index in [4.69, 9.17) is 14.2 Å². The summed E-state index contributed by atoms with van der Waals surface area (Å²) in [6, 6.07) is 26.4. The van der Waals surface area contributed by atoms with Crippen molar-refractivity contribution >= 4 is 28.5 Å². The average Bonchev–Trinajstić information content (AvgIpc) is 3.44. The summed E-state index contributed by atoms with van der Waals surface area (Å²) in [4.78, 5) is 30.2. The van der Waals surface area contributed by atoms with Gasteiger partial charge in [0.05, 0.1) is 32.5 Å². The van der Waals surface area contributed by atoms with Crippen molar-refractivity contribution in [1.82, 2.24) is 19.9 Å². The van der Waals surface area contributed by atoms with Crippen molar-refractivity contribution in [1.29, 1.82) is 0 Å². The van der Waals surface area contributed by atoms with Crippen LogP contribution in [0.5, 0.6) is 17.2 Å². The van der Waals surface area contributed by atoms with Crippen molar-refractivity contribution < 1.29 is 23.8 Å². The van der Waals surface area contributed by atoms with Gasteiger partial charge in [0.15, 0.2) is 0 Å². The number of ether oxygens (including phenoxy) is 3. The van der Waals surface area contributed by atoms with Crippen molar-refractivity contribution in [2.75, 3.05) is 26.6 Å². The van der Waals surface area contributed by atoms with Crippen LogP contribution in [0.1, 0.15) is 22.7 Å². The molecule has 0 aliphatic rings. The average molecular weight is 580 g/mol. The number of fused-ring (bicyclic) bond motifs is 1. The minimum Gasteiger partial charge on any atom is -0.497 e. The zero-order valence-electron chi connectivity index (χ0n) is 24.5. The van der Waals surface area contributed by atoms with Gasteiger partial charge in [-0.3, -0.25) is 9.59 Å². The van der Waals surface area contributed by atoms with Crippen molar-refractivity contribution in [2.45, 2.75) is 26.1 Å². The SMILES string of the molecule is COc1cccc(C(C(=O)Nc2ccc(OC)cc2OC)N(Cc2ccccc2C)C(=O)Cn2nnc3ccccc32)c1. The van der Waals surface area contributed by atoms with E-state index in [-0.39, 0.29) is 19.0 Å². The molecular formula is C33H33N5O5. The van der Waals surface area contributed by atoms with Gasteiger partial charge in [0, 0.05) is 12.6 Å². The molecular weight excluding hydrogens is 546 g/mol. The highest BCUT2D eigenvalue weighted by Gasteiger charge is 2.33. The molecule has 0 aliphatic carbocycles. The van der Waals surface area contributed by atoms with Crippen molar-refractivity contribution in [3.63, 3.8) is 0 Å². The molecule has 1 heterocycles. The van der Waals surface area contributed by atoms with Crippen LogP contribution in [0.4, 0.5) is 5.69 Å². The van der Waals surface area contributed by atoms with Gasteiger partial charge in [-0.25, -0.2) is 4.68 Å². The normalized spacial score (nSPS) is 11.5. The second-order valence-corrected chi connectivity index (χ2v) is 9.92. The van der Waals surface area contributed by atoms with Crippen LogP contribution in [0.25, 0.3) is 11.0 Å². The molecule has 0 fully saturated rings. The summed E-state index contributed by atoms with van der Waals surface area (Å²) in [5.41, 5.74) is 4.31. The number of aryl methyl sites for hydroxylation is 1. The number of methoxy groups -OCH3 is 3. The Bertz CT molecular complexity index is 1750. The molecule has 5 aromatic rings. The first-order valence-electron chi connectivity index (χ1n) is 13.7. The molecule has 10 heteroatoms. The fourth-order valence-corrected chi connectivity index (χ4v) is 4.93. The zero-order chi connectivity index (χ0) is 30.3. The number of benzene rings is 4. The molecule has 0 aliphatic heterocycles. The summed E-state index contributed by atoms with van der Waals surface area (Å²) in [6.07, 6.45) is 0. The quantitative estimate of drug-likeness (QED) is 0.230. The summed E-state index contributed by atoms with van der Waals surface area (Å²) < 4.78 is 17.9. The van der Waals surface area contributed by atoms with Crippen LogP contribution in [0, 0.1) is 6.92 Å². The number of carbonyl (C=O) groups excluding carboxylic acids is 2. The van der Waals surface area contributed by atoms with Crippen LogP contribution in [-0.4, -0.2) is 53.0 Å². The number of anilines is 1. The molecule has 1 aromatic heterocycles. The maximum Gasteiger partial charge on any atom is 0.251 e. The van der Waals surface area contributed by atoms with Crippen molar-refractivity contribution in [3.8, 4) is 17.2 Å². The molecule has 0 spiro atoms. The fraction of sp³-hybridized carbons (Fsp3) is 0.212. The van der Waals surface area contributed by atoms with Gasteiger partial charge in [-0.15, -0.1) is 5.10 Å². The first kappa shape index (κ1) is 29.1. The Balaban J connectivity index is 1.59. The molecule has 0 saturated heterocycles. The smallest absolute Gasteiger partial charge is 0.251 e. The summed E-state index contributed by atoms with van der Waals surface area (Å²) in [5.74, 6) is 0.812. The lowest BCUT2D eigenvalue weighted by Gasteiger charge is -2.32. The zero-order valence-corrected chi connectivity index (χ0v) is 24.5. The van der Waals surface area contributed by atoms with Crippen molar-refractivity contribution in [2.24, 2.45) is 0 Å². The van der Waals surface area contributed by atoms with E-state index in [1.807, 2.05) is 55.5 Å². The largest absolute Gasteiger partial charge is 0.497 e. The van der Waals surface area contributed by atoms with Crippen LogP contribution < -0.4 is 19.5 Å². The molecule has 0 bridgehead atoms. The van der Waals surface area contributed by atoms with Gasteiger partial charge in [-0.05, 0) is 60.0 Å². The van der Waals surface area contributed by atoms with Gasteiger partial charge in [0.25, 0.3) is 5.91 Å². The fourth-order valence-electron chi connectivity index (χ4n) is 4.93.